The third-order valence-corrected chi connectivity index (χ3v) is 8.05. The first-order valence-electron chi connectivity index (χ1n) is 12.3. The summed E-state index contributed by atoms with van der Waals surface area (Å²) in [6, 6.07) is 9.26. The summed E-state index contributed by atoms with van der Waals surface area (Å²) in [6.07, 6.45) is -1.49. The number of hydrogen-bond donors (Lipinski definition) is 1. The molecule has 1 saturated carbocycles. The molecule has 1 unspecified atom stereocenters. The van der Waals surface area contributed by atoms with Gasteiger partial charge in [-0.3, -0.25) is 14.5 Å². The van der Waals surface area contributed by atoms with Gasteiger partial charge >= 0.3 is 6.18 Å². The largest absolute Gasteiger partial charge is 0.493 e. The second-order valence-electron chi connectivity index (χ2n) is 9.53. The summed E-state index contributed by atoms with van der Waals surface area (Å²) in [5.74, 6) is -0.916. The highest BCUT2D eigenvalue weighted by Crippen LogP contribution is 2.39. The monoisotopic (exact) mass is 538 g/mol. The lowest BCUT2D eigenvalue weighted by molar-refractivity contribution is -0.139. The van der Waals surface area contributed by atoms with Gasteiger partial charge in [0.2, 0.25) is 10.0 Å². The molecule has 0 spiro atoms. The van der Waals surface area contributed by atoms with Gasteiger partial charge in [0.15, 0.2) is 0 Å². The molecular weight excluding hydrogens is 509 g/mol. The standard InChI is InChI=1S/C26H29F3N2O5S/c1-17(19-11-12-22(26(27,28)29)23(15-19)36-16-18-9-10-18)30-37(34,35)14-6-2-5-13-31-24(32)20-7-3-4-8-21(20)25(31)33/h3-4,7-8,11-12,15,17-18,30H,2,5-6,9-10,13-14,16H2,1H3. The van der Waals surface area contributed by atoms with Crippen LogP contribution < -0.4 is 9.46 Å². The lowest BCUT2D eigenvalue weighted by Crippen LogP contribution is -2.31. The summed E-state index contributed by atoms with van der Waals surface area (Å²) in [5, 5.41) is 0. The fourth-order valence-corrected chi connectivity index (χ4v) is 5.61. The maximum atomic E-state index is 13.4. The molecule has 200 valence electrons. The van der Waals surface area contributed by atoms with Crippen molar-refractivity contribution < 1.29 is 35.9 Å². The molecule has 2 amide bonds. The molecule has 0 bridgehead atoms. The second kappa shape index (κ2) is 10.8. The van der Waals surface area contributed by atoms with Crippen molar-refractivity contribution in [3.8, 4) is 5.75 Å². The van der Waals surface area contributed by atoms with Crippen molar-refractivity contribution in [3.05, 3.63) is 64.7 Å². The van der Waals surface area contributed by atoms with Crippen molar-refractivity contribution in [2.24, 2.45) is 5.92 Å². The zero-order valence-corrected chi connectivity index (χ0v) is 21.2. The van der Waals surface area contributed by atoms with Crippen LogP contribution in [0.2, 0.25) is 0 Å². The third-order valence-electron chi connectivity index (χ3n) is 6.51. The fourth-order valence-electron chi connectivity index (χ4n) is 4.23. The maximum Gasteiger partial charge on any atom is 0.419 e. The van der Waals surface area contributed by atoms with E-state index in [1.54, 1.807) is 31.2 Å². The second-order valence-corrected chi connectivity index (χ2v) is 11.4. The molecule has 0 saturated heterocycles. The van der Waals surface area contributed by atoms with E-state index >= 15 is 0 Å². The predicted octanol–water partition coefficient (Wildman–Crippen LogP) is 4.94. The van der Waals surface area contributed by atoms with E-state index in [0.717, 1.165) is 18.9 Å². The number of halogens is 3. The van der Waals surface area contributed by atoms with Crippen LogP contribution in [0, 0.1) is 5.92 Å². The van der Waals surface area contributed by atoms with Crippen molar-refractivity contribution in [2.75, 3.05) is 18.9 Å². The van der Waals surface area contributed by atoms with Gasteiger partial charge in [0.05, 0.1) is 29.1 Å². The number of fused-ring (bicyclic) bond motifs is 1. The summed E-state index contributed by atoms with van der Waals surface area (Å²) in [5.41, 5.74) is 0.230. The first kappa shape index (κ1) is 27.1. The average molecular weight is 539 g/mol. The van der Waals surface area contributed by atoms with E-state index in [2.05, 4.69) is 4.72 Å². The predicted molar refractivity (Wildman–Crippen MR) is 131 cm³/mol. The fraction of sp³-hybridized carbons (Fsp3) is 0.462. The number of amides is 2. The van der Waals surface area contributed by atoms with Gasteiger partial charge in [-0.1, -0.05) is 24.6 Å². The van der Waals surface area contributed by atoms with Crippen LogP contribution in [0.5, 0.6) is 5.75 Å². The van der Waals surface area contributed by atoms with Crippen LogP contribution in [-0.2, 0) is 16.2 Å². The van der Waals surface area contributed by atoms with Crippen molar-refractivity contribution in [1.82, 2.24) is 9.62 Å². The van der Waals surface area contributed by atoms with E-state index in [4.69, 9.17) is 4.74 Å². The summed E-state index contributed by atoms with van der Waals surface area (Å²) < 4.78 is 73.2. The van der Waals surface area contributed by atoms with Gasteiger partial charge < -0.3 is 4.74 Å². The molecule has 2 aliphatic rings. The molecule has 37 heavy (non-hydrogen) atoms. The highest BCUT2D eigenvalue weighted by molar-refractivity contribution is 7.89. The first-order valence-corrected chi connectivity index (χ1v) is 13.9. The molecule has 1 heterocycles. The average Bonchev–Trinajstić information content (AvgIpc) is 3.64. The molecule has 0 aromatic heterocycles. The maximum absolute atomic E-state index is 13.4. The smallest absolute Gasteiger partial charge is 0.419 e. The molecule has 11 heteroatoms. The molecule has 1 N–H and O–H groups in total. The van der Waals surface area contributed by atoms with Crippen LogP contribution >= 0.6 is 0 Å². The molecule has 1 fully saturated rings. The van der Waals surface area contributed by atoms with Crippen LogP contribution in [0.4, 0.5) is 13.2 Å². The molecule has 4 rings (SSSR count). The van der Waals surface area contributed by atoms with Crippen LogP contribution in [0.25, 0.3) is 0 Å². The van der Waals surface area contributed by atoms with Gasteiger partial charge in [-0.25, -0.2) is 13.1 Å². The number of nitrogens with one attached hydrogen (secondary N) is 1. The summed E-state index contributed by atoms with van der Waals surface area (Å²) in [7, 11) is -3.72. The van der Waals surface area contributed by atoms with E-state index in [-0.39, 0.29) is 42.4 Å². The van der Waals surface area contributed by atoms with Crippen molar-refractivity contribution in [2.45, 2.75) is 51.2 Å². The van der Waals surface area contributed by atoms with E-state index in [1.165, 1.54) is 17.0 Å². The zero-order valence-electron chi connectivity index (χ0n) is 20.4. The number of nitrogens with zero attached hydrogens (tertiary/aromatic N) is 1. The number of carbonyl (C=O) groups excluding carboxylic acids is 2. The van der Waals surface area contributed by atoms with Gasteiger partial charge in [-0.15, -0.1) is 0 Å². The number of imide groups is 1. The molecule has 7 nitrogen and oxygen atoms in total. The number of unbranched alkanes of at least 4 members (excludes halogenated alkanes) is 2. The Kier molecular flexibility index (Phi) is 7.94. The Morgan fingerprint density at radius 2 is 1.68 bits per heavy atom. The summed E-state index contributed by atoms with van der Waals surface area (Å²) in [4.78, 5) is 26.0. The number of hydrogen-bond acceptors (Lipinski definition) is 5. The quantitative estimate of drug-likeness (QED) is 0.305. The molecule has 2 aromatic carbocycles. The minimum atomic E-state index is -4.58. The lowest BCUT2D eigenvalue weighted by atomic mass is 10.1. The van der Waals surface area contributed by atoms with E-state index in [1.807, 2.05) is 0 Å². The van der Waals surface area contributed by atoms with E-state index in [0.29, 0.717) is 36.0 Å². The number of benzene rings is 2. The number of alkyl halides is 3. The molecular formula is C26H29F3N2O5S. The topological polar surface area (TPSA) is 92.8 Å². The van der Waals surface area contributed by atoms with Crippen molar-refractivity contribution in [3.63, 3.8) is 0 Å². The van der Waals surface area contributed by atoms with E-state index in [9.17, 15) is 31.2 Å². The Bertz CT molecular complexity index is 1240. The van der Waals surface area contributed by atoms with Gasteiger partial charge in [-0.2, -0.15) is 13.2 Å². The van der Waals surface area contributed by atoms with Crippen LogP contribution in [0.1, 0.15) is 76.9 Å². The van der Waals surface area contributed by atoms with Crippen LogP contribution in [0.3, 0.4) is 0 Å². The minimum Gasteiger partial charge on any atom is -0.493 e. The van der Waals surface area contributed by atoms with Gasteiger partial charge in [0, 0.05) is 12.6 Å². The van der Waals surface area contributed by atoms with Crippen molar-refractivity contribution >= 4 is 21.8 Å². The van der Waals surface area contributed by atoms with Crippen LogP contribution in [0.15, 0.2) is 42.5 Å². The van der Waals surface area contributed by atoms with Crippen LogP contribution in [-0.4, -0.2) is 44.0 Å². The normalized spacial score (nSPS) is 16.7. The molecule has 2 aromatic rings. The lowest BCUT2D eigenvalue weighted by Gasteiger charge is -2.19. The Labute approximate surface area is 214 Å². The number of sulfonamides is 1. The Morgan fingerprint density at radius 3 is 2.27 bits per heavy atom. The number of ether oxygens (including phenoxy) is 1. The van der Waals surface area contributed by atoms with Gasteiger partial charge in [0.1, 0.15) is 5.75 Å². The number of carbonyl (C=O) groups is 2. The highest BCUT2D eigenvalue weighted by Gasteiger charge is 2.36. The Morgan fingerprint density at radius 1 is 1.03 bits per heavy atom. The SMILES string of the molecule is CC(NS(=O)(=O)CCCCCN1C(=O)c2ccccc2C1=O)c1ccc(C(F)(F)F)c(OCC2CC2)c1. The van der Waals surface area contributed by atoms with Crippen molar-refractivity contribution in [1.29, 1.82) is 0 Å². The number of rotatable bonds is 12. The van der Waals surface area contributed by atoms with Gasteiger partial charge in [-0.05, 0) is 68.4 Å². The third kappa shape index (κ3) is 6.70. The minimum absolute atomic E-state index is 0.189. The summed E-state index contributed by atoms with van der Waals surface area (Å²) in [6.45, 7) is 1.96. The molecule has 0 radical (unpaired) electrons. The highest BCUT2D eigenvalue weighted by atomic mass is 32.2. The van der Waals surface area contributed by atoms with E-state index < -0.39 is 27.8 Å². The Balaban J connectivity index is 1.27. The molecule has 1 aliphatic carbocycles. The Hall–Kier alpha value is -2.92. The first-order chi connectivity index (χ1) is 17.5. The molecule has 1 aliphatic heterocycles. The van der Waals surface area contributed by atoms with Gasteiger partial charge in [0.25, 0.3) is 11.8 Å². The summed E-state index contributed by atoms with van der Waals surface area (Å²) >= 11 is 0. The molecule has 1 atom stereocenters. The zero-order chi connectivity index (χ0) is 26.8.